The van der Waals surface area contributed by atoms with Crippen LogP contribution >= 0.6 is 0 Å². The quantitative estimate of drug-likeness (QED) is 0.853. The number of nitrogens with zero attached hydrogens (tertiary/aromatic N) is 2. The van der Waals surface area contributed by atoms with Crippen molar-refractivity contribution in [3.8, 4) is 5.69 Å². The Labute approximate surface area is 95.9 Å². The fourth-order valence-electron chi connectivity index (χ4n) is 1.94. The maximum absolute atomic E-state index is 5.69. The van der Waals surface area contributed by atoms with E-state index in [4.69, 9.17) is 5.73 Å². The molecule has 1 aromatic carbocycles. The summed E-state index contributed by atoms with van der Waals surface area (Å²) in [7, 11) is 0. The maximum Gasteiger partial charge on any atom is 0.0651 e. The van der Waals surface area contributed by atoms with Crippen molar-refractivity contribution in [3.63, 3.8) is 0 Å². The molecule has 1 aromatic heterocycles. The zero-order valence-corrected chi connectivity index (χ0v) is 9.77. The second kappa shape index (κ2) is 4.49. The highest BCUT2D eigenvalue weighted by atomic mass is 15.3. The minimum Gasteiger partial charge on any atom is -0.326 e. The van der Waals surface area contributed by atoms with Crippen LogP contribution in [0.25, 0.3) is 5.69 Å². The largest absolute Gasteiger partial charge is 0.326 e. The van der Waals surface area contributed by atoms with Crippen molar-refractivity contribution in [3.05, 3.63) is 47.3 Å². The highest BCUT2D eigenvalue weighted by molar-refractivity contribution is 5.37. The summed E-state index contributed by atoms with van der Waals surface area (Å²) in [5.41, 5.74) is 10.4. The van der Waals surface area contributed by atoms with E-state index >= 15 is 0 Å². The average Bonchev–Trinajstić information content (AvgIpc) is 2.71. The molecule has 0 aliphatic heterocycles. The summed E-state index contributed by atoms with van der Waals surface area (Å²) >= 11 is 0. The highest BCUT2D eigenvalue weighted by Gasteiger charge is 2.08. The van der Waals surface area contributed by atoms with E-state index in [1.54, 1.807) is 0 Å². The van der Waals surface area contributed by atoms with Crippen LogP contribution in [0.2, 0.25) is 0 Å². The normalized spacial score (nSPS) is 10.7. The SMILES string of the molecule is CCc1c(CN)cnn1-c1cccc(C)c1. The lowest BCUT2D eigenvalue weighted by Gasteiger charge is -2.07. The van der Waals surface area contributed by atoms with Gasteiger partial charge in [-0.15, -0.1) is 0 Å². The summed E-state index contributed by atoms with van der Waals surface area (Å²) in [5, 5.41) is 4.41. The zero-order valence-electron chi connectivity index (χ0n) is 9.77. The molecule has 2 N–H and O–H groups in total. The standard InChI is InChI=1S/C13H17N3/c1-3-13-11(8-14)9-15-16(13)12-6-4-5-10(2)7-12/h4-7,9H,3,8,14H2,1-2H3. The van der Waals surface area contributed by atoms with Crippen molar-refractivity contribution in [2.45, 2.75) is 26.8 Å². The monoisotopic (exact) mass is 215 g/mol. The van der Waals surface area contributed by atoms with Gasteiger partial charge in [-0.2, -0.15) is 5.10 Å². The molecule has 16 heavy (non-hydrogen) atoms. The molecule has 0 fully saturated rings. The smallest absolute Gasteiger partial charge is 0.0651 e. The second-order valence-corrected chi connectivity index (χ2v) is 3.92. The van der Waals surface area contributed by atoms with Gasteiger partial charge in [0.2, 0.25) is 0 Å². The Balaban J connectivity index is 2.51. The number of hydrogen-bond donors (Lipinski definition) is 1. The molecule has 0 aliphatic carbocycles. The Kier molecular flexibility index (Phi) is 3.06. The molecule has 0 aliphatic rings. The third kappa shape index (κ3) is 1.86. The first kappa shape index (κ1) is 10.9. The van der Waals surface area contributed by atoms with Gasteiger partial charge in [0, 0.05) is 17.8 Å². The predicted molar refractivity (Wildman–Crippen MR) is 65.6 cm³/mol. The van der Waals surface area contributed by atoms with E-state index in [1.807, 2.05) is 16.9 Å². The van der Waals surface area contributed by atoms with Gasteiger partial charge < -0.3 is 5.73 Å². The van der Waals surface area contributed by atoms with Crippen LogP contribution in [0.5, 0.6) is 0 Å². The summed E-state index contributed by atoms with van der Waals surface area (Å²) in [5.74, 6) is 0. The van der Waals surface area contributed by atoms with Crippen molar-refractivity contribution >= 4 is 0 Å². The summed E-state index contributed by atoms with van der Waals surface area (Å²) in [6, 6.07) is 8.34. The minimum atomic E-state index is 0.551. The van der Waals surface area contributed by atoms with Crippen LogP contribution in [0.4, 0.5) is 0 Å². The Morgan fingerprint density at radius 2 is 2.19 bits per heavy atom. The molecule has 0 atom stereocenters. The topological polar surface area (TPSA) is 43.8 Å². The molecule has 3 nitrogen and oxygen atoms in total. The lowest BCUT2D eigenvalue weighted by Crippen LogP contribution is -2.05. The van der Waals surface area contributed by atoms with Crippen LogP contribution in [0.1, 0.15) is 23.7 Å². The average molecular weight is 215 g/mol. The van der Waals surface area contributed by atoms with Crippen molar-refractivity contribution < 1.29 is 0 Å². The first-order chi connectivity index (χ1) is 7.76. The fourth-order valence-corrected chi connectivity index (χ4v) is 1.94. The first-order valence-corrected chi connectivity index (χ1v) is 5.59. The van der Waals surface area contributed by atoms with Gasteiger partial charge in [0.1, 0.15) is 0 Å². The van der Waals surface area contributed by atoms with E-state index < -0.39 is 0 Å². The molecule has 1 heterocycles. The van der Waals surface area contributed by atoms with Gasteiger partial charge in [0.05, 0.1) is 11.9 Å². The minimum absolute atomic E-state index is 0.551. The number of rotatable bonds is 3. The molecule has 0 saturated carbocycles. The van der Waals surface area contributed by atoms with Crippen LogP contribution in [-0.4, -0.2) is 9.78 Å². The van der Waals surface area contributed by atoms with E-state index in [0.29, 0.717) is 6.54 Å². The molecule has 0 amide bonds. The Hall–Kier alpha value is -1.61. The van der Waals surface area contributed by atoms with E-state index in [2.05, 4.69) is 37.1 Å². The van der Waals surface area contributed by atoms with Gasteiger partial charge in [0.25, 0.3) is 0 Å². The first-order valence-electron chi connectivity index (χ1n) is 5.59. The van der Waals surface area contributed by atoms with E-state index in [0.717, 1.165) is 17.7 Å². The molecule has 2 rings (SSSR count). The van der Waals surface area contributed by atoms with Crippen molar-refractivity contribution in [2.75, 3.05) is 0 Å². The van der Waals surface area contributed by atoms with Crippen LogP contribution in [-0.2, 0) is 13.0 Å². The second-order valence-electron chi connectivity index (χ2n) is 3.92. The third-order valence-corrected chi connectivity index (χ3v) is 2.76. The van der Waals surface area contributed by atoms with Crippen LogP contribution in [0.15, 0.2) is 30.5 Å². The van der Waals surface area contributed by atoms with Gasteiger partial charge in [-0.25, -0.2) is 4.68 Å². The van der Waals surface area contributed by atoms with E-state index in [9.17, 15) is 0 Å². The molecule has 0 radical (unpaired) electrons. The van der Waals surface area contributed by atoms with Crippen LogP contribution in [0.3, 0.4) is 0 Å². The van der Waals surface area contributed by atoms with Gasteiger partial charge in [-0.1, -0.05) is 19.1 Å². The molecule has 84 valence electrons. The van der Waals surface area contributed by atoms with Crippen molar-refractivity contribution in [1.29, 1.82) is 0 Å². The highest BCUT2D eigenvalue weighted by Crippen LogP contribution is 2.16. The number of nitrogens with two attached hydrogens (primary N) is 1. The lowest BCUT2D eigenvalue weighted by molar-refractivity contribution is 0.806. The Morgan fingerprint density at radius 1 is 1.38 bits per heavy atom. The number of hydrogen-bond acceptors (Lipinski definition) is 2. The molecule has 0 bridgehead atoms. The van der Waals surface area contributed by atoms with Gasteiger partial charge in [-0.05, 0) is 31.0 Å². The molecule has 2 aromatic rings. The molecule has 3 heteroatoms. The predicted octanol–water partition coefficient (Wildman–Crippen LogP) is 2.20. The molecule has 0 spiro atoms. The molecule has 0 saturated heterocycles. The molecule has 0 unspecified atom stereocenters. The van der Waals surface area contributed by atoms with Crippen LogP contribution < -0.4 is 5.73 Å². The van der Waals surface area contributed by atoms with Crippen molar-refractivity contribution in [1.82, 2.24) is 9.78 Å². The summed E-state index contributed by atoms with van der Waals surface area (Å²) in [4.78, 5) is 0. The van der Waals surface area contributed by atoms with Gasteiger partial charge >= 0.3 is 0 Å². The summed E-state index contributed by atoms with van der Waals surface area (Å²) < 4.78 is 1.98. The Morgan fingerprint density at radius 3 is 2.81 bits per heavy atom. The van der Waals surface area contributed by atoms with E-state index in [-0.39, 0.29) is 0 Å². The number of aryl methyl sites for hydroxylation is 1. The summed E-state index contributed by atoms with van der Waals surface area (Å²) in [6.45, 7) is 4.76. The molecular formula is C13H17N3. The van der Waals surface area contributed by atoms with E-state index in [1.165, 1.54) is 11.3 Å². The maximum atomic E-state index is 5.69. The zero-order chi connectivity index (χ0) is 11.5. The molecular weight excluding hydrogens is 198 g/mol. The Bertz CT molecular complexity index is 486. The third-order valence-electron chi connectivity index (χ3n) is 2.76. The van der Waals surface area contributed by atoms with Gasteiger partial charge in [0.15, 0.2) is 0 Å². The lowest BCUT2D eigenvalue weighted by atomic mass is 10.2. The van der Waals surface area contributed by atoms with Crippen LogP contribution in [0, 0.1) is 6.92 Å². The summed E-state index contributed by atoms with van der Waals surface area (Å²) in [6.07, 6.45) is 2.81. The number of benzene rings is 1. The fraction of sp³-hybridized carbons (Fsp3) is 0.308. The van der Waals surface area contributed by atoms with Gasteiger partial charge in [-0.3, -0.25) is 0 Å². The van der Waals surface area contributed by atoms with Crippen molar-refractivity contribution in [2.24, 2.45) is 5.73 Å². The number of aromatic nitrogens is 2.